The van der Waals surface area contributed by atoms with E-state index in [1.54, 1.807) is 12.4 Å². The number of hydrogen-bond donors (Lipinski definition) is 0. The zero-order chi connectivity index (χ0) is 23.2. The molecule has 1 aromatic carbocycles. The minimum Gasteiger partial charge on any atom is -0.472 e. The van der Waals surface area contributed by atoms with Crippen LogP contribution in [0.4, 0.5) is 13.2 Å². The second-order valence-corrected chi connectivity index (χ2v) is 11.5. The summed E-state index contributed by atoms with van der Waals surface area (Å²) in [5, 5.41) is -0.624. The fraction of sp³-hybridized carbons (Fsp3) is 0.565. The zero-order valence-electron chi connectivity index (χ0n) is 18.0. The summed E-state index contributed by atoms with van der Waals surface area (Å²) < 4.78 is 71.0. The molecule has 1 aliphatic carbocycles. The standard InChI is InChI=1S/C23H26F3N3O3S/c24-23(25,26)16-5-7-19(8-6-16)33(30,31)20-2-1-9-29-14-18(10-17(29)11-20)32-22-13-27-21(12-28-22)15-3-4-15/h5-8,12-13,15,17-18,20H,1-4,9-11,14H2/t17-,18+,20?/m0/s1. The number of benzene rings is 1. The smallest absolute Gasteiger partial charge is 0.416 e. The van der Waals surface area contributed by atoms with E-state index >= 15 is 0 Å². The number of hydrogen-bond acceptors (Lipinski definition) is 6. The van der Waals surface area contributed by atoms with Gasteiger partial charge in [0.15, 0.2) is 9.84 Å². The predicted molar refractivity (Wildman–Crippen MR) is 115 cm³/mol. The highest BCUT2D eigenvalue weighted by Gasteiger charge is 2.41. The molecule has 5 rings (SSSR count). The molecule has 0 spiro atoms. The van der Waals surface area contributed by atoms with Gasteiger partial charge >= 0.3 is 6.18 Å². The molecule has 0 N–H and O–H groups in total. The summed E-state index contributed by atoms with van der Waals surface area (Å²) >= 11 is 0. The molecule has 1 saturated carbocycles. The number of fused-ring (bicyclic) bond motifs is 1. The molecular formula is C23H26F3N3O3S. The summed E-state index contributed by atoms with van der Waals surface area (Å²) in [6.07, 6.45) is 3.49. The zero-order valence-corrected chi connectivity index (χ0v) is 18.9. The van der Waals surface area contributed by atoms with E-state index in [9.17, 15) is 21.6 Å². The molecule has 6 nitrogen and oxygen atoms in total. The minimum absolute atomic E-state index is 0.0467. The van der Waals surface area contributed by atoms with E-state index in [1.165, 1.54) is 0 Å². The Hall–Kier alpha value is -2.20. The maximum atomic E-state index is 13.2. The molecule has 3 aliphatic rings. The Bertz CT molecular complexity index is 1090. The molecule has 3 atom stereocenters. The molecule has 2 saturated heterocycles. The first-order valence-electron chi connectivity index (χ1n) is 11.3. The van der Waals surface area contributed by atoms with E-state index in [-0.39, 0.29) is 17.0 Å². The third kappa shape index (κ3) is 4.87. The Balaban J connectivity index is 1.25. The highest BCUT2D eigenvalue weighted by Crippen LogP contribution is 2.39. The van der Waals surface area contributed by atoms with Crippen molar-refractivity contribution in [2.75, 3.05) is 13.1 Å². The normalized spacial score (nSPS) is 26.6. The van der Waals surface area contributed by atoms with Crippen LogP contribution in [0, 0.1) is 0 Å². The van der Waals surface area contributed by atoms with Gasteiger partial charge in [0, 0.05) is 24.9 Å². The second kappa shape index (κ2) is 8.54. The predicted octanol–water partition coefficient (Wildman–Crippen LogP) is 4.22. The molecule has 178 valence electrons. The quantitative estimate of drug-likeness (QED) is 0.637. The first kappa shape index (κ1) is 22.6. The van der Waals surface area contributed by atoms with Gasteiger partial charge < -0.3 is 4.74 Å². The number of sulfone groups is 1. The van der Waals surface area contributed by atoms with Crippen LogP contribution in [0.25, 0.3) is 0 Å². The fourth-order valence-corrected chi connectivity index (χ4v) is 6.79. The van der Waals surface area contributed by atoms with Crippen LogP contribution in [0.2, 0.25) is 0 Å². The van der Waals surface area contributed by atoms with E-state index in [1.807, 2.05) is 0 Å². The van der Waals surface area contributed by atoms with Gasteiger partial charge in [0.25, 0.3) is 0 Å². The molecule has 1 aromatic heterocycles. The molecule has 10 heteroatoms. The number of aromatic nitrogens is 2. The highest BCUT2D eigenvalue weighted by molar-refractivity contribution is 7.92. The second-order valence-electron chi connectivity index (χ2n) is 9.25. The average Bonchev–Trinajstić information content (AvgIpc) is 3.59. The van der Waals surface area contributed by atoms with E-state index in [0.29, 0.717) is 44.0 Å². The van der Waals surface area contributed by atoms with Gasteiger partial charge in [0.05, 0.1) is 33.8 Å². The molecular weight excluding hydrogens is 455 g/mol. The molecule has 0 amide bonds. The molecule has 2 aliphatic heterocycles. The van der Waals surface area contributed by atoms with E-state index in [2.05, 4.69) is 14.9 Å². The maximum absolute atomic E-state index is 13.2. The van der Waals surface area contributed by atoms with Crippen LogP contribution >= 0.6 is 0 Å². The summed E-state index contributed by atoms with van der Waals surface area (Å²) in [7, 11) is -3.73. The largest absolute Gasteiger partial charge is 0.472 e. The van der Waals surface area contributed by atoms with E-state index < -0.39 is 26.8 Å². The van der Waals surface area contributed by atoms with Crippen LogP contribution in [0.15, 0.2) is 41.6 Å². The lowest BCUT2D eigenvalue weighted by molar-refractivity contribution is -0.137. The number of rotatable bonds is 5. The van der Waals surface area contributed by atoms with Crippen LogP contribution in [0.3, 0.4) is 0 Å². The molecule has 0 radical (unpaired) electrons. The number of nitrogens with zero attached hydrogens (tertiary/aromatic N) is 3. The molecule has 3 heterocycles. The van der Waals surface area contributed by atoms with Crippen molar-refractivity contribution in [3.05, 3.63) is 47.9 Å². The third-order valence-corrected chi connectivity index (χ3v) is 9.11. The monoisotopic (exact) mass is 481 g/mol. The van der Waals surface area contributed by atoms with Gasteiger partial charge in [-0.1, -0.05) is 0 Å². The van der Waals surface area contributed by atoms with Gasteiger partial charge in [-0.15, -0.1) is 0 Å². The summed E-state index contributed by atoms with van der Waals surface area (Å²) in [5.41, 5.74) is 0.150. The fourth-order valence-electron chi connectivity index (χ4n) is 4.94. The van der Waals surface area contributed by atoms with Gasteiger partial charge in [0.1, 0.15) is 6.10 Å². The van der Waals surface area contributed by atoms with Crippen LogP contribution < -0.4 is 4.74 Å². The Morgan fingerprint density at radius 2 is 1.76 bits per heavy atom. The van der Waals surface area contributed by atoms with Crippen molar-refractivity contribution in [2.45, 2.75) is 72.9 Å². The number of alkyl halides is 3. The Kier molecular flexibility index (Phi) is 5.84. The Morgan fingerprint density at radius 1 is 1.00 bits per heavy atom. The van der Waals surface area contributed by atoms with Crippen LogP contribution in [-0.4, -0.2) is 53.8 Å². The third-order valence-electron chi connectivity index (χ3n) is 6.88. The number of ether oxygens (including phenoxy) is 1. The van der Waals surface area contributed by atoms with Crippen LogP contribution in [0.1, 0.15) is 55.7 Å². The molecule has 33 heavy (non-hydrogen) atoms. The topological polar surface area (TPSA) is 72.4 Å². The highest BCUT2D eigenvalue weighted by atomic mass is 32.2. The van der Waals surface area contributed by atoms with Crippen molar-refractivity contribution in [3.8, 4) is 5.88 Å². The first-order chi connectivity index (χ1) is 15.7. The molecule has 2 aromatic rings. The van der Waals surface area contributed by atoms with Crippen molar-refractivity contribution in [1.82, 2.24) is 14.9 Å². The average molecular weight is 482 g/mol. The SMILES string of the molecule is O=S(=O)(c1ccc(C(F)(F)F)cc1)C1CCCN2C[C@H](Oc3cnc(C4CC4)cn3)C[C@H]2C1. The van der Waals surface area contributed by atoms with Crippen molar-refractivity contribution in [1.29, 1.82) is 0 Å². The van der Waals surface area contributed by atoms with Crippen molar-refractivity contribution in [2.24, 2.45) is 0 Å². The Morgan fingerprint density at radius 3 is 2.39 bits per heavy atom. The number of halogens is 3. The van der Waals surface area contributed by atoms with Crippen molar-refractivity contribution < 1.29 is 26.3 Å². The summed E-state index contributed by atoms with van der Waals surface area (Å²) in [6.45, 7) is 1.47. The van der Waals surface area contributed by atoms with Gasteiger partial charge in [-0.25, -0.2) is 13.4 Å². The lowest BCUT2D eigenvalue weighted by Crippen LogP contribution is -2.32. The lowest BCUT2D eigenvalue weighted by atomic mass is 10.1. The van der Waals surface area contributed by atoms with Gasteiger partial charge in [-0.2, -0.15) is 13.2 Å². The molecule has 1 unspecified atom stereocenters. The minimum atomic E-state index is -4.49. The first-order valence-corrected chi connectivity index (χ1v) is 12.9. The van der Waals surface area contributed by atoms with Crippen LogP contribution in [-0.2, 0) is 16.0 Å². The maximum Gasteiger partial charge on any atom is 0.416 e. The van der Waals surface area contributed by atoms with Crippen molar-refractivity contribution >= 4 is 9.84 Å². The molecule has 3 fully saturated rings. The lowest BCUT2D eigenvalue weighted by Gasteiger charge is -2.22. The summed E-state index contributed by atoms with van der Waals surface area (Å²) in [5.74, 6) is 1.01. The van der Waals surface area contributed by atoms with E-state index in [0.717, 1.165) is 49.3 Å². The van der Waals surface area contributed by atoms with Crippen molar-refractivity contribution in [3.63, 3.8) is 0 Å². The van der Waals surface area contributed by atoms with E-state index in [4.69, 9.17) is 4.74 Å². The van der Waals surface area contributed by atoms with Gasteiger partial charge in [0.2, 0.25) is 5.88 Å². The van der Waals surface area contributed by atoms with Crippen LogP contribution in [0.5, 0.6) is 5.88 Å². The summed E-state index contributed by atoms with van der Waals surface area (Å²) in [4.78, 5) is 11.0. The summed E-state index contributed by atoms with van der Waals surface area (Å²) in [6, 6.07) is 3.87. The Labute approximate surface area is 191 Å². The van der Waals surface area contributed by atoms with Gasteiger partial charge in [-0.05, 0) is 62.9 Å². The molecule has 0 bridgehead atoms. The van der Waals surface area contributed by atoms with Gasteiger partial charge in [-0.3, -0.25) is 9.88 Å².